The number of esters is 1. The minimum atomic E-state index is -4.40. The average molecular weight is 580 g/mol. The van der Waals surface area contributed by atoms with Crippen molar-refractivity contribution >= 4 is 17.6 Å². The Kier molecular flexibility index (Phi) is 9.28. The van der Waals surface area contributed by atoms with Gasteiger partial charge in [-0.1, -0.05) is 12.1 Å². The van der Waals surface area contributed by atoms with Crippen LogP contribution >= 0.6 is 0 Å². The van der Waals surface area contributed by atoms with Crippen molar-refractivity contribution in [2.24, 2.45) is 11.8 Å². The van der Waals surface area contributed by atoms with Gasteiger partial charge in [0.1, 0.15) is 12.4 Å². The Bertz CT molecular complexity index is 1160. The number of carbonyl (C=O) groups excluding carboxylic acids is 1. The normalized spacial score (nSPS) is 20.0. The molecule has 224 valence electrons. The highest BCUT2D eigenvalue weighted by Crippen LogP contribution is 2.36. The third-order valence-corrected chi connectivity index (χ3v) is 8.42. The maximum absolute atomic E-state index is 15.6. The minimum absolute atomic E-state index is 0.0809. The van der Waals surface area contributed by atoms with E-state index in [9.17, 15) is 18.0 Å². The van der Waals surface area contributed by atoms with E-state index < -0.39 is 17.6 Å². The Morgan fingerprint density at radius 3 is 2.39 bits per heavy atom. The van der Waals surface area contributed by atoms with Crippen LogP contribution in [0.4, 0.5) is 29.2 Å². The fourth-order valence-corrected chi connectivity index (χ4v) is 5.91. The average Bonchev–Trinajstić information content (AvgIpc) is 3.82. The van der Waals surface area contributed by atoms with E-state index in [1.165, 1.54) is 25.6 Å². The van der Waals surface area contributed by atoms with E-state index in [1.54, 1.807) is 0 Å². The number of ether oxygens (including phenoxy) is 2. The standard InChI is InChI=1S/C29H37F4N5O3/c1-40-28(39)25(21-10-14-41-15-11-21)37-12-8-19(9-13-37)16-34-26-24(30)27(36-18-35-26)38(23-6-7-23)17-20-2-4-22(5-3-20)29(31,32)33/h2-5,18-19,21,23,25H,6-17H2,1H3,(H,34,35,36). The summed E-state index contributed by atoms with van der Waals surface area (Å²) >= 11 is 0. The van der Waals surface area contributed by atoms with Gasteiger partial charge in [-0.05, 0) is 81.1 Å². The molecule has 1 aliphatic carbocycles. The van der Waals surface area contributed by atoms with Crippen molar-refractivity contribution in [1.29, 1.82) is 0 Å². The number of hydrogen-bond donors (Lipinski definition) is 1. The lowest BCUT2D eigenvalue weighted by molar-refractivity contribution is -0.151. The summed E-state index contributed by atoms with van der Waals surface area (Å²) in [7, 11) is 1.43. The zero-order valence-corrected chi connectivity index (χ0v) is 23.2. The Labute approximate surface area is 237 Å². The second-order valence-electron chi connectivity index (χ2n) is 11.2. The lowest BCUT2D eigenvalue weighted by Gasteiger charge is -2.40. The SMILES string of the molecule is COC(=O)C(C1CCOCC1)N1CCC(CNc2ncnc(N(Cc3ccc(C(F)(F)F)cc3)C3CC3)c2F)CC1. The molecule has 1 saturated carbocycles. The molecule has 0 bridgehead atoms. The summed E-state index contributed by atoms with van der Waals surface area (Å²) in [5.74, 6) is 0.0111. The molecule has 2 saturated heterocycles. The van der Waals surface area contributed by atoms with Crippen LogP contribution < -0.4 is 10.2 Å². The monoisotopic (exact) mass is 579 g/mol. The summed E-state index contributed by atoms with van der Waals surface area (Å²) in [5.41, 5.74) is -0.0654. The van der Waals surface area contributed by atoms with E-state index in [4.69, 9.17) is 9.47 Å². The molecular formula is C29H37F4N5O3. The van der Waals surface area contributed by atoms with Gasteiger partial charge in [0.25, 0.3) is 0 Å². The summed E-state index contributed by atoms with van der Waals surface area (Å²) in [6.07, 6.45) is 2.04. The van der Waals surface area contributed by atoms with Crippen molar-refractivity contribution in [3.05, 3.63) is 47.5 Å². The molecule has 1 aromatic carbocycles. The van der Waals surface area contributed by atoms with Crippen LogP contribution in [0, 0.1) is 17.7 Å². The Hall–Kier alpha value is -2.99. The molecule has 0 amide bonds. The van der Waals surface area contributed by atoms with Crippen LogP contribution in [0.2, 0.25) is 0 Å². The van der Waals surface area contributed by atoms with Crippen molar-refractivity contribution < 1.29 is 31.8 Å². The molecule has 1 N–H and O–H groups in total. The fourth-order valence-electron chi connectivity index (χ4n) is 5.91. The molecule has 1 aromatic heterocycles. The molecule has 2 aliphatic heterocycles. The molecule has 3 aliphatic rings. The van der Waals surface area contributed by atoms with Gasteiger partial charge in [0, 0.05) is 32.3 Å². The number of halogens is 4. The third kappa shape index (κ3) is 7.27. The number of rotatable bonds is 10. The first kappa shape index (κ1) is 29.5. The molecule has 1 atom stereocenters. The van der Waals surface area contributed by atoms with E-state index in [1.807, 2.05) is 4.90 Å². The van der Waals surface area contributed by atoms with Crippen LogP contribution in [0.1, 0.15) is 49.7 Å². The number of hydrogen-bond acceptors (Lipinski definition) is 8. The van der Waals surface area contributed by atoms with Gasteiger partial charge in [-0.15, -0.1) is 0 Å². The maximum atomic E-state index is 15.6. The Balaban J connectivity index is 1.19. The third-order valence-electron chi connectivity index (χ3n) is 8.42. The minimum Gasteiger partial charge on any atom is -0.468 e. The number of alkyl halides is 3. The van der Waals surface area contributed by atoms with Crippen LogP contribution in [-0.4, -0.2) is 72.9 Å². The van der Waals surface area contributed by atoms with E-state index in [0.29, 0.717) is 25.3 Å². The van der Waals surface area contributed by atoms with Gasteiger partial charge < -0.3 is 19.7 Å². The second-order valence-corrected chi connectivity index (χ2v) is 11.2. The summed E-state index contributed by atoms with van der Waals surface area (Å²) in [4.78, 5) is 25.0. The summed E-state index contributed by atoms with van der Waals surface area (Å²) < 4.78 is 65.1. The molecule has 8 nitrogen and oxygen atoms in total. The highest BCUT2D eigenvalue weighted by Gasteiger charge is 2.38. The smallest absolute Gasteiger partial charge is 0.416 e. The predicted molar refractivity (Wildman–Crippen MR) is 145 cm³/mol. The van der Waals surface area contributed by atoms with Crippen molar-refractivity contribution in [3.8, 4) is 0 Å². The lowest BCUT2D eigenvalue weighted by Crippen LogP contribution is -2.51. The molecule has 12 heteroatoms. The van der Waals surface area contributed by atoms with Gasteiger partial charge in [-0.2, -0.15) is 17.6 Å². The first-order valence-electron chi connectivity index (χ1n) is 14.3. The maximum Gasteiger partial charge on any atom is 0.416 e. The number of nitrogens with zero attached hydrogens (tertiary/aromatic N) is 4. The van der Waals surface area contributed by atoms with Gasteiger partial charge in [0.15, 0.2) is 11.6 Å². The topological polar surface area (TPSA) is 79.8 Å². The molecule has 41 heavy (non-hydrogen) atoms. The highest BCUT2D eigenvalue weighted by molar-refractivity contribution is 5.76. The molecule has 1 unspecified atom stereocenters. The van der Waals surface area contributed by atoms with E-state index in [2.05, 4.69) is 20.2 Å². The Morgan fingerprint density at radius 1 is 1.10 bits per heavy atom. The van der Waals surface area contributed by atoms with Crippen LogP contribution in [0.3, 0.4) is 0 Å². The largest absolute Gasteiger partial charge is 0.468 e. The zero-order valence-electron chi connectivity index (χ0n) is 23.2. The number of benzene rings is 1. The van der Waals surface area contributed by atoms with Gasteiger partial charge in [0.05, 0.1) is 12.7 Å². The molecule has 5 rings (SSSR count). The van der Waals surface area contributed by atoms with E-state index >= 15 is 4.39 Å². The summed E-state index contributed by atoms with van der Waals surface area (Å²) in [6, 6.07) is 4.76. The molecular weight excluding hydrogens is 542 g/mol. The van der Waals surface area contributed by atoms with E-state index in [-0.39, 0.29) is 48.1 Å². The molecule has 3 fully saturated rings. The zero-order chi connectivity index (χ0) is 29.0. The fraction of sp³-hybridized carbons (Fsp3) is 0.621. The van der Waals surface area contributed by atoms with Crippen LogP contribution in [0.15, 0.2) is 30.6 Å². The van der Waals surface area contributed by atoms with Crippen molar-refractivity contribution in [1.82, 2.24) is 14.9 Å². The van der Waals surface area contributed by atoms with Gasteiger partial charge in [-0.3, -0.25) is 9.69 Å². The number of methoxy groups -OCH3 is 1. The first-order chi connectivity index (χ1) is 19.7. The molecule has 0 radical (unpaired) electrons. The van der Waals surface area contributed by atoms with Gasteiger partial charge in [0.2, 0.25) is 5.82 Å². The highest BCUT2D eigenvalue weighted by atomic mass is 19.4. The number of anilines is 2. The lowest BCUT2D eigenvalue weighted by atomic mass is 9.87. The second kappa shape index (κ2) is 12.9. The van der Waals surface area contributed by atoms with Crippen LogP contribution in [0.5, 0.6) is 0 Å². The van der Waals surface area contributed by atoms with Crippen LogP contribution in [0.25, 0.3) is 0 Å². The molecule has 2 aromatic rings. The summed E-state index contributed by atoms with van der Waals surface area (Å²) in [6.45, 7) is 3.61. The molecule has 3 heterocycles. The first-order valence-corrected chi connectivity index (χ1v) is 14.3. The van der Waals surface area contributed by atoms with Gasteiger partial charge >= 0.3 is 12.1 Å². The number of nitrogens with one attached hydrogen (secondary N) is 1. The van der Waals surface area contributed by atoms with Gasteiger partial charge in [-0.25, -0.2) is 9.97 Å². The Morgan fingerprint density at radius 2 is 1.78 bits per heavy atom. The molecule has 0 spiro atoms. The van der Waals surface area contributed by atoms with Crippen LogP contribution in [-0.2, 0) is 27.0 Å². The number of likely N-dealkylation sites (tertiary alicyclic amines) is 1. The van der Waals surface area contributed by atoms with Crippen molar-refractivity contribution in [3.63, 3.8) is 0 Å². The van der Waals surface area contributed by atoms with E-state index in [0.717, 1.165) is 63.7 Å². The summed E-state index contributed by atoms with van der Waals surface area (Å²) in [5, 5.41) is 3.16. The number of carbonyl (C=O) groups is 1. The number of piperidine rings is 1. The van der Waals surface area contributed by atoms with Crippen molar-refractivity contribution in [2.45, 2.75) is 63.3 Å². The number of aromatic nitrogens is 2. The quantitative estimate of drug-likeness (QED) is 0.315. The van der Waals surface area contributed by atoms with Crippen molar-refractivity contribution in [2.75, 3.05) is 50.2 Å². The predicted octanol–water partition coefficient (Wildman–Crippen LogP) is 4.90.